The molecule has 0 heterocycles. The molecule has 0 aromatic carbocycles. The maximum Gasteiger partial charge on any atom is 0.325 e. The Morgan fingerprint density at radius 1 is 1.16 bits per heavy atom. The first-order valence-electron chi connectivity index (χ1n) is 7.66. The highest BCUT2D eigenvalue weighted by Gasteiger charge is 2.29. The van der Waals surface area contributed by atoms with Gasteiger partial charge in [0.2, 0.25) is 0 Å². The molecule has 0 rings (SSSR count). The number of unbranched alkanes of at least 4 members (excludes halogenated alkanes) is 2. The fourth-order valence-electron chi connectivity index (χ4n) is 2.04. The number of esters is 1. The van der Waals surface area contributed by atoms with E-state index in [0.29, 0.717) is 13.0 Å². The summed E-state index contributed by atoms with van der Waals surface area (Å²) in [5.74, 6) is -0.284. The summed E-state index contributed by atoms with van der Waals surface area (Å²) in [7, 11) is 0. The zero-order chi connectivity index (χ0) is 14.7. The molecule has 4 heteroatoms. The van der Waals surface area contributed by atoms with Gasteiger partial charge in [0, 0.05) is 0 Å². The first kappa shape index (κ1) is 18.4. The molecule has 4 nitrogen and oxygen atoms in total. The lowest BCUT2D eigenvalue weighted by molar-refractivity contribution is -0.149. The van der Waals surface area contributed by atoms with Gasteiger partial charge in [0.1, 0.15) is 5.54 Å². The second-order valence-electron chi connectivity index (χ2n) is 5.38. The molecule has 0 spiro atoms. The van der Waals surface area contributed by atoms with Crippen LogP contribution in [0.25, 0.3) is 0 Å². The van der Waals surface area contributed by atoms with E-state index in [4.69, 9.17) is 10.5 Å². The lowest BCUT2D eigenvalue weighted by Crippen LogP contribution is -2.46. The van der Waals surface area contributed by atoms with Crippen molar-refractivity contribution in [3.8, 4) is 0 Å². The molecular formula is C15H32N2O2. The maximum absolute atomic E-state index is 11.6. The normalized spacial score (nSPS) is 14.4. The van der Waals surface area contributed by atoms with Crippen molar-refractivity contribution in [3.05, 3.63) is 0 Å². The number of rotatable bonds is 11. The fourth-order valence-corrected chi connectivity index (χ4v) is 2.04. The monoisotopic (exact) mass is 272 g/mol. The zero-order valence-electron chi connectivity index (χ0n) is 13.2. The van der Waals surface area contributed by atoms with E-state index in [1.807, 2.05) is 0 Å². The highest BCUT2D eigenvalue weighted by atomic mass is 16.5. The molecule has 0 aliphatic rings. The third-order valence-electron chi connectivity index (χ3n) is 3.44. The Morgan fingerprint density at radius 2 is 1.79 bits per heavy atom. The van der Waals surface area contributed by atoms with Gasteiger partial charge in [-0.25, -0.2) is 0 Å². The Balaban J connectivity index is 3.85. The minimum atomic E-state index is -0.837. The molecule has 0 fully saturated rings. The van der Waals surface area contributed by atoms with E-state index in [0.717, 1.165) is 25.9 Å². The number of nitrogens with two attached hydrogens (primary N) is 1. The summed E-state index contributed by atoms with van der Waals surface area (Å²) < 4.78 is 4.98. The number of carbonyl (C=O) groups is 1. The van der Waals surface area contributed by atoms with E-state index in [1.54, 1.807) is 13.8 Å². The van der Waals surface area contributed by atoms with Crippen LogP contribution in [0.3, 0.4) is 0 Å². The lowest BCUT2D eigenvalue weighted by Gasteiger charge is -2.23. The van der Waals surface area contributed by atoms with Gasteiger partial charge >= 0.3 is 5.97 Å². The lowest BCUT2D eigenvalue weighted by atomic mass is 9.96. The Hall–Kier alpha value is -0.610. The van der Waals surface area contributed by atoms with Crippen LogP contribution in [0, 0.1) is 0 Å². The molecule has 0 amide bonds. The fraction of sp³-hybridized carbons (Fsp3) is 0.933. The molecule has 2 N–H and O–H groups in total. The summed E-state index contributed by atoms with van der Waals surface area (Å²) in [4.78, 5) is 14.1. The van der Waals surface area contributed by atoms with Crippen LogP contribution in [0.4, 0.5) is 0 Å². The van der Waals surface area contributed by atoms with Crippen LogP contribution in [0.5, 0.6) is 0 Å². The molecule has 1 atom stereocenters. The third kappa shape index (κ3) is 8.22. The molecule has 0 saturated carbocycles. The van der Waals surface area contributed by atoms with Crippen molar-refractivity contribution >= 4 is 5.97 Å². The van der Waals surface area contributed by atoms with Gasteiger partial charge in [-0.2, -0.15) is 0 Å². The first-order valence-corrected chi connectivity index (χ1v) is 7.66. The predicted molar refractivity (Wildman–Crippen MR) is 80.1 cm³/mol. The van der Waals surface area contributed by atoms with E-state index in [2.05, 4.69) is 18.7 Å². The smallest absolute Gasteiger partial charge is 0.325 e. The van der Waals surface area contributed by atoms with Crippen LogP contribution < -0.4 is 5.73 Å². The van der Waals surface area contributed by atoms with Crippen LogP contribution in [-0.4, -0.2) is 42.6 Å². The van der Waals surface area contributed by atoms with Gasteiger partial charge < -0.3 is 15.4 Å². The number of hydrogen-bond acceptors (Lipinski definition) is 4. The van der Waals surface area contributed by atoms with Crippen LogP contribution in [0.2, 0.25) is 0 Å². The van der Waals surface area contributed by atoms with Gasteiger partial charge in [-0.05, 0) is 59.2 Å². The van der Waals surface area contributed by atoms with Gasteiger partial charge in [-0.1, -0.05) is 20.3 Å². The van der Waals surface area contributed by atoms with Crippen molar-refractivity contribution in [2.75, 3.05) is 26.2 Å². The highest BCUT2D eigenvalue weighted by molar-refractivity contribution is 5.79. The molecular weight excluding hydrogens is 240 g/mol. The van der Waals surface area contributed by atoms with Crippen LogP contribution in [0.1, 0.15) is 59.8 Å². The van der Waals surface area contributed by atoms with Crippen molar-refractivity contribution in [1.29, 1.82) is 0 Å². The van der Waals surface area contributed by atoms with Gasteiger partial charge in [-0.3, -0.25) is 4.79 Å². The van der Waals surface area contributed by atoms with E-state index in [-0.39, 0.29) is 5.97 Å². The van der Waals surface area contributed by atoms with Crippen molar-refractivity contribution in [3.63, 3.8) is 0 Å². The SMILES string of the molecule is CCCCN(CC)CCCCC(C)(N)C(=O)OCC. The van der Waals surface area contributed by atoms with Crippen LogP contribution in [-0.2, 0) is 9.53 Å². The van der Waals surface area contributed by atoms with E-state index in [1.165, 1.54) is 19.4 Å². The second kappa shape index (κ2) is 10.2. The summed E-state index contributed by atoms with van der Waals surface area (Å²) in [6.07, 6.45) is 5.24. The van der Waals surface area contributed by atoms with Crippen molar-refractivity contribution in [1.82, 2.24) is 4.90 Å². The molecule has 1 unspecified atom stereocenters. The zero-order valence-corrected chi connectivity index (χ0v) is 13.2. The minimum absolute atomic E-state index is 0.284. The highest BCUT2D eigenvalue weighted by Crippen LogP contribution is 2.13. The Labute approximate surface area is 118 Å². The molecule has 19 heavy (non-hydrogen) atoms. The molecule has 114 valence electrons. The largest absolute Gasteiger partial charge is 0.465 e. The Morgan fingerprint density at radius 3 is 2.32 bits per heavy atom. The molecule has 0 aliphatic heterocycles. The van der Waals surface area contributed by atoms with Crippen LogP contribution >= 0.6 is 0 Å². The molecule has 0 aliphatic carbocycles. The number of ether oxygens (including phenoxy) is 1. The van der Waals surface area contributed by atoms with E-state index < -0.39 is 5.54 Å². The Bertz CT molecular complexity index is 242. The number of carbonyl (C=O) groups excluding carboxylic acids is 1. The quantitative estimate of drug-likeness (QED) is 0.464. The molecule has 0 radical (unpaired) electrons. The number of hydrogen-bond donors (Lipinski definition) is 1. The van der Waals surface area contributed by atoms with Gasteiger partial charge in [0.25, 0.3) is 0 Å². The average molecular weight is 272 g/mol. The van der Waals surface area contributed by atoms with Crippen molar-refractivity contribution < 1.29 is 9.53 Å². The summed E-state index contributed by atoms with van der Waals surface area (Å²) in [5, 5.41) is 0. The molecule has 0 aromatic heterocycles. The predicted octanol–water partition coefficient (Wildman–Crippen LogP) is 2.56. The van der Waals surface area contributed by atoms with E-state index in [9.17, 15) is 4.79 Å². The summed E-state index contributed by atoms with van der Waals surface area (Å²) >= 11 is 0. The minimum Gasteiger partial charge on any atom is -0.465 e. The summed E-state index contributed by atoms with van der Waals surface area (Å²) in [6.45, 7) is 11.7. The molecule has 0 saturated heterocycles. The summed E-state index contributed by atoms with van der Waals surface area (Å²) in [5.41, 5.74) is 5.15. The topological polar surface area (TPSA) is 55.6 Å². The van der Waals surface area contributed by atoms with Gasteiger partial charge in [0.15, 0.2) is 0 Å². The molecule has 0 aromatic rings. The van der Waals surface area contributed by atoms with E-state index >= 15 is 0 Å². The first-order chi connectivity index (χ1) is 8.97. The second-order valence-corrected chi connectivity index (χ2v) is 5.38. The van der Waals surface area contributed by atoms with Gasteiger partial charge in [0.05, 0.1) is 6.61 Å². The maximum atomic E-state index is 11.6. The Kier molecular flexibility index (Phi) is 9.88. The standard InChI is InChI=1S/C15H32N2O2/c1-5-8-12-17(6-2)13-10-9-11-15(4,16)14(18)19-7-3/h5-13,16H2,1-4H3. The third-order valence-corrected chi connectivity index (χ3v) is 3.44. The van der Waals surface area contributed by atoms with Gasteiger partial charge in [-0.15, -0.1) is 0 Å². The summed E-state index contributed by atoms with van der Waals surface area (Å²) in [6, 6.07) is 0. The number of nitrogens with zero attached hydrogens (tertiary/aromatic N) is 1. The molecule has 0 bridgehead atoms. The average Bonchev–Trinajstić information content (AvgIpc) is 2.38. The van der Waals surface area contributed by atoms with Crippen molar-refractivity contribution in [2.45, 2.75) is 65.3 Å². The van der Waals surface area contributed by atoms with Crippen molar-refractivity contribution in [2.24, 2.45) is 5.73 Å². The van der Waals surface area contributed by atoms with Crippen LogP contribution in [0.15, 0.2) is 0 Å².